The van der Waals surface area contributed by atoms with Gasteiger partial charge in [0, 0.05) is 24.9 Å². The van der Waals surface area contributed by atoms with E-state index in [9.17, 15) is 22.4 Å². The van der Waals surface area contributed by atoms with Crippen LogP contribution in [0.5, 0.6) is 0 Å². The minimum atomic E-state index is -4.71. The van der Waals surface area contributed by atoms with Crippen molar-refractivity contribution in [1.82, 2.24) is 10.5 Å². The lowest BCUT2D eigenvalue weighted by Crippen LogP contribution is -2.31. The standard InChI is InChI=1S/C15H14F4N2O2.C2H4O2/c16-11-5-8(1-2-10(11)15(17,18)19)12-6-9(3-4-20-12)13-7-14(22)21-23-13;1-2(3)4/h1-2,5,7,9,12,20H,3-4,6H2,(H,21,22);1H3,(H,3,4). The van der Waals surface area contributed by atoms with E-state index < -0.39 is 23.5 Å². The molecular weight excluding hydrogens is 372 g/mol. The molecule has 2 atom stereocenters. The molecule has 148 valence electrons. The van der Waals surface area contributed by atoms with Gasteiger partial charge in [0.15, 0.2) is 0 Å². The predicted molar refractivity (Wildman–Crippen MR) is 86.8 cm³/mol. The number of carboxylic acid groups (broad SMARTS) is 1. The van der Waals surface area contributed by atoms with Crippen molar-refractivity contribution in [3.05, 3.63) is 57.3 Å². The van der Waals surface area contributed by atoms with E-state index in [-0.39, 0.29) is 17.5 Å². The van der Waals surface area contributed by atoms with Crippen LogP contribution >= 0.6 is 0 Å². The molecule has 0 bridgehead atoms. The van der Waals surface area contributed by atoms with E-state index in [1.807, 2.05) is 0 Å². The van der Waals surface area contributed by atoms with Gasteiger partial charge >= 0.3 is 6.18 Å². The molecule has 0 radical (unpaired) electrons. The Hall–Kier alpha value is -2.62. The van der Waals surface area contributed by atoms with Crippen LogP contribution in [0.15, 0.2) is 33.6 Å². The molecule has 0 amide bonds. The summed E-state index contributed by atoms with van der Waals surface area (Å²) in [6.07, 6.45) is -3.48. The second kappa shape index (κ2) is 8.38. The van der Waals surface area contributed by atoms with Gasteiger partial charge in [-0.15, -0.1) is 0 Å². The maximum Gasteiger partial charge on any atom is 0.419 e. The van der Waals surface area contributed by atoms with Crippen LogP contribution in [0.25, 0.3) is 0 Å². The fraction of sp³-hybridized carbons (Fsp3) is 0.412. The van der Waals surface area contributed by atoms with Crippen LogP contribution in [0.3, 0.4) is 0 Å². The fourth-order valence-electron chi connectivity index (χ4n) is 2.91. The quantitative estimate of drug-likeness (QED) is 0.683. The summed E-state index contributed by atoms with van der Waals surface area (Å²) in [5.74, 6) is -1.66. The number of hydrogen-bond acceptors (Lipinski definition) is 4. The van der Waals surface area contributed by atoms with Gasteiger partial charge in [0.05, 0.1) is 5.56 Å². The van der Waals surface area contributed by atoms with Crippen LogP contribution in [0, 0.1) is 5.82 Å². The molecule has 1 aliphatic rings. The Morgan fingerprint density at radius 2 is 1.96 bits per heavy atom. The average molecular weight is 390 g/mol. The first kappa shape index (κ1) is 20.7. The van der Waals surface area contributed by atoms with Crippen molar-refractivity contribution in [1.29, 1.82) is 0 Å². The van der Waals surface area contributed by atoms with Gasteiger partial charge in [-0.25, -0.2) is 4.39 Å². The zero-order valence-electron chi connectivity index (χ0n) is 14.3. The lowest BCUT2D eigenvalue weighted by Gasteiger charge is -2.29. The number of halogens is 4. The van der Waals surface area contributed by atoms with E-state index in [0.29, 0.717) is 24.3 Å². The number of carboxylic acids is 1. The number of rotatable bonds is 2. The summed E-state index contributed by atoms with van der Waals surface area (Å²) >= 11 is 0. The number of hydrogen-bond donors (Lipinski definition) is 3. The van der Waals surface area contributed by atoms with Crippen LogP contribution in [0.4, 0.5) is 17.6 Å². The fourth-order valence-corrected chi connectivity index (χ4v) is 2.91. The molecule has 1 fully saturated rings. The summed E-state index contributed by atoms with van der Waals surface area (Å²) in [6.45, 7) is 1.67. The summed E-state index contributed by atoms with van der Waals surface area (Å²) < 4.78 is 56.6. The number of carbonyl (C=O) groups is 1. The van der Waals surface area contributed by atoms with Crippen molar-refractivity contribution in [3.63, 3.8) is 0 Å². The van der Waals surface area contributed by atoms with Gasteiger partial charge in [0.25, 0.3) is 11.5 Å². The van der Waals surface area contributed by atoms with E-state index in [2.05, 4.69) is 10.5 Å². The summed E-state index contributed by atoms with van der Waals surface area (Å²) in [4.78, 5) is 20.1. The molecule has 1 aromatic carbocycles. The van der Waals surface area contributed by atoms with E-state index in [4.69, 9.17) is 14.4 Å². The number of aromatic amines is 1. The maximum absolute atomic E-state index is 13.7. The molecule has 1 aromatic heterocycles. The highest BCUT2D eigenvalue weighted by Gasteiger charge is 2.35. The third-order valence-electron chi connectivity index (χ3n) is 4.05. The minimum Gasteiger partial charge on any atom is -0.481 e. The molecule has 2 unspecified atom stereocenters. The summed E-state index contributed by atoms with van der Waals surface area (Å²) in [7, 11) is 0. The average Bonchev–Trinajstić information content (AvgIpc) is 3.00. The summed E-state index contributed by atoms with van der Waals surface area (Å²) in [5.41, 5.74) is -1.17. The second-order valence-electron chi connectivity index (χ2n) is 6.10. The highest BCUT2D eigenvalue weighted by atomic mass is 19.4. The molecule has 10 heteroatoms. The lowest BCUT2D eigenvalue weighted by atomic mass is 9.87. The molecule has 2 aromatic rings. The molecule has 0 aliphatic carbocycles. The molecule has 3 rings (SSSR count). The smallest absolute Gasteiger partial charge is 0.419 e. The zero-order chi connectivity index (χ0) is 20.2. The molecular formula is C17H18F4N2O4. The zero-order valence-corrected chi connectivity index (χ0v) is 14.3. The van der Waals surface area contributed by atoms with E-state index in [0.717, 1.165) is 25.5 Å². The first-order valence-electron chi connectivity index (χ1n) is 8.06. The normalized spacial score (nSPS) is 19.9. The molecule has 0 spiro atoms. The Labute approximate surface area is 151 Å². The number of piperidine rings is 1. The molecule has 6 nitrogen and oxygen atoms in total. The first-order chi connectivity index (χ1) is 12.6. The molecule has 1 saturated heterocycles. The largest absolute Gasteiger partial charge is 0.481 e. The Balaban J connectivity index is 0.000000596. The summed E-state index contributed by atoms with van der Waals surface area (Å²) in [5, 5.41) is 12.8. The molecule has 3 N–H and O–H groups in total. The number of benzene rings is 1. The molecule has 2 heterocycles. The number of nitrogens with one attached hydrogen (secondary N) is 2. The first-order valence-corrected chi connectivity index (χ1v) is 8.06. The third-order valence-corrected chi connectivity index (χ3v) is 4.05. The molecule has 27 heavy (non-hydrogen) atoms. The number of H-pyrrole nitrogens is 1. The van der Waals surface area contributed by atoms with Gasteiger partial charge < -0.3 is 14.9 Å². The highest BCUT2D eigenvalue weighted by Crippen LogP contribution is 2.36. The number of aromatic nitrogens is 1. The number of aliphatic carboxylic acids is 1. The summed E-state index contributed by atoms with van der Waals surface area (Å²) in [6, 6.07) is 4.01. The Bertz CT molecular complexity index is 840. The second-order valence-corrected chi connectivity index (χ2v) is 6.10. The van der Waals surface area contributed by atoms with Crippen molar-refractivity contribution in [3.8, 4) is 0 Å². The topological polar surface area (TPSA) is 95.3 Å². The van der Waals surface area contributed by atoms with E-state index in [1.54, 1.807) is 0 Å². The predicted octanol–water partition coefficient (Wildman–Crippen LogP) is 3.43. The molecule has 1 aliphatic heterocycles. The van der Waals surface area contributed by atoms with Crippen LogP contribution < -0.4 is 10.9 Å². The van der Waals surface area contributed by atoms with Crippen molar-refractivity contribution in [2.24, 2.45) is 0 Å². The van der Waals surface area contributed by atoms with Gasteiger partial charge in [0.1, 0.15) is 11.6 Å². The Morgan fingerprint density at radius 3 is 2.48 bits per heavy atom. The van der Waals surface area contributed by atoms with Gasteiger partial charge in [-0.1, -0.05) is 6.07 Å². The molecule has 0 saturated carbocycles. The SMILES string of the molecule is CC(=O)O.O=c1cc(C2CCNC(c3ccc(C(F)(F)F)c(F)c3)C2)o[nH]1. The lowest BCUT2D eigenvalue weighted by molar-refractivity contribution is -0.140. The van der Waals surface area contributed by atoms with E-state index in [1.165, 1.54) is 12.1 Å². The highest BCUT2D eigenvalue weighted by molar-refractivity contribution is 5.62. The third kappa shape index (κ3) is 5.68. The van der Waals surface area contributed by atoms with Crippen molar-refractivity contribution < 1.29 is 32.0 Å². The number of alkyl halides is 3. The van der Waals surface area contributed by atoms with Gasteiger partial charge in [-0.2, -0.15) is 18.3 Å². The Kier molecular flexibility index (Phi) is 6.42. The minimum absolute atomic E-state index is 0.0504. The van der Waals surface area contributed by atoms with E-state index >= 15 is 0 Å². The van der Waals surface area contributed by atoms with Crippen molar-refractivity contribution in [2.45, 2.75) is 37.9 Å². The van der Waals surface area contributed by atoms with Crippen molar-refractivity contribution in [2.75, 3.05) is 6.54 Å². The van der Waals surface area contributed by atoms with Crippen LogP contribution in [0.2, 0.25) is 0 Å². The van der Waals surface area contributed by atoms with Gasteiger partial charge in [-0.3, -0.25) is 9.59 Å². The van der Waals surface area contributed by atoms with Gasteiger partial charge in [-0.05, 0) is 37.1 Å². The Morgan fingerprint density at radius 1 is 1.30 bits per heavy atom. The maximum atomic E-state index is 13.7. The van der Waals surface area contributed by atoms with Gasteiger partial charge in [0.2, 0.25) is 0 Å². The van der Waals surface area contributed by atoms with Crippen molar-refractivity contribution >= 4 is 5.97 Å². The monoisotopic (exact) mass is 390 g/mol. The van der Waals surface area contributed by atoms with Crippen LogP contribution in [0.1, 0.15) is 48.6 Å². The van der Waals surface area contributed by atoms with Crippen LogP contribution in [-0.4, -0.2) is 22.8 Å². The van der Waals surface area contributed by atoms with Crippen LogP contribution in [-0.2, 0) is 11.0 Å².